The van der Waals surface area contributed by atoms with E-state index in [0.717, 1.165) is 12.1 Å². The molecule has 1 aromatic carbocycles. The fraction of sp³-hybridized carbons (Fsp3) is 0.389. The highest BCUT2D eigenvalue weighted by Gasteiger charge is 2.31. The molecule has 1 amide bonds. The molecule has 27 heavy (non-hydrogen) atoms. The summed E-state index contributed by atoms with van der Waals surface area (Å²) < 4.78 is 39.4. The largest absolute Gasteiger partial charge is 0.416 e. The monoisotopic (exact) mass is 397 g/mol. The molecule has 1 unspecified atom stereocenters. The van der Waals surface area contributed by atoms with Gasteiger partial charge < -0.3 is 5.32 Å². The van der Waals surface area contributed by atoms with Crippen LogP contribution in [0.3, 0.4) is 0 Å². The summed E-state index contributed by atoms with van der Waals surface area (Å²) in [7, 11) is 0. The van der Waals surface area contributed by atoms with Crippen molar-refractivity contribution in [3.8, 4) is 0 Å². The first-order valence-electron chi connectivity index (χ1n) is 8.42. The molecule has 0 spiro atoms. The van der Waals surface area contributed by atoms with Gasteiger partial charge in [0.2, 0.25) is 5.91 Å². The van der Waals surface area contributed by atoms with Crippen LogP contribution < -0.4 is 10.9 Å². The van der Waals surface area contributed by atoms with Gasteiger partial charge in [-0.25, -0.2) is 4.98 Å². The second-order valence-corrected chi connectivity index (χ2v) is 7.29. The van der Waals surface area contributed by atoms with E-state index >= 15 is 0 Å². The molecular weight excluding hydrogens is 379 g/mol. The van der Waals surface area contributed by atoms with Crippen molar-refractivity contribution in [2.45, 2.75) is 38.1 Å². The Labute approximate surface area is 158 Å². The fourth-order valence-corrected chi connectivity index (χ4v) is 4.07. The number of carbonyl (C=O) groups excluding carboxylic acids is 1. The molecule has 0 radical (unpaired) electrons. The summed E-state index contributed by atoms with van der Waals surface area (Å²) in [5.74, 6) is -0.362. The molecule has 2 aromatic rings. The van der Waals surface area contributed by atoms with Crippen molar-refractivity contribution in [2.24, 2.45) is 5.92 Å². The lowest BCUT2D eigenvalue weighted by Crippen LogP contribution is -2.38. The first kappa shape index (κ1) is 19.5. The van der Waals surface area contributed by atoms with Gasteiger partial charge in [0.05, 0.1) is 11.5 Å². The molecule has 1 atom stereocenters. The second-order valence-electron chi connectivity index (χ2n) is 6.30. The van der Waals surface area contributed by atoms with Crippen LogP contribution in [-0.2, 0) is 23.9 Å². The Balaban J connectivity index is 1.75. The Hall–Kier alpha value is -2.29. The molecule has 1 aliphatic rings. The van der Waals surface area contributed by atoms with E-state index in [0.29, 0.717) is 28.6 Å². The van der Waals surface area contributed by atoms with Crippen LogP contribution in [0.25, 0.3) is 0 Å². The number of alkyl halides is 3. The Bertz CT molecular complexity index is 923. The van der Waals surface area contributed by atoms with Crippen molar-refractivity contribution < 1.29 is 18.0 Å². The lowest BCUT2D eigenvalue weighted by molar-refractivity contribution is -0.137. The summed E-state index contributed by atoms with van der Waals surface area (Å²) in [6.07, 6.45) is -3.86. The number of anilines is 1. The molecule has 0 aliphatic carbocycles. The van der Waals surface area contributed by atoms with Gasteiger partial charge in [-0.3, -0.25) is 14.2 Å². The van der Waals surface area contributed by atoms with E-state index < -0.39 is 17.7 Å². The highest BCUT2D eigenvalue weighted by atomic mass is 32.2. The SMILES string of the molecule is CCc1c(C)nc2n(c1=O)CC(C(=O)Nc1ccc(C(F)(F)F)cc1)CS2. The molecule has 2 heterocycles. The van der Waals surface area contributed by atoms with Gasteiger partial charge >= 0.3 is 6.18 Å². The van der Waals surface area contributed by atoms with Gasteiger partial charge in [-0.05, 0) is 37.6 Å². The number of hydrogen-bond donors (Lipinski definition) is 1. The zero-order valence-electron chi connectivity index (χ0n) is 14.8. The number of halogens is 3. The topological polar surface area (TPSA) is 64.0 Å². The molecule has 5 nitrogen and oxygen atoms in total. The summed E-state index contributed by atoms with van der Waals surface area (Å²) in [5, 5.41) is 3.22. The minimum atomic E-state index is -4.42. The van der Waals surface area contributed by atoms with E-state index in [1.165, 1.54) is 28.5 Å². The molecule has 0 fully saturated rings. The van der Waals surface area contributed by atoms with E-state index in [1.54, 1.807) is 6.92 Å². The number of thioether (sulfide) groups is 1. The highest BCUT2D eigenvalue weighted by molar-refractivity contribution is 7.99. The van der Waals surface area contributed by atoms with Gasteiger partial charge in [-0.2, -0.15) is 13.2 Å². The maximum absolute atomic E-state index is 12.6. The molecule has 1 aliphatic heterocycles. The van der Waals surface area contributed by atoms with Crippen LogP contribution >= 0.6 is 11.8 Å². The van der Waals surface area contributed by atoms with Crippen molar-refractivity contribution in [3.63, 3.8) is 0 Å². The van der Waals surface area contributed by atoms with Crippen molar-refractivity contribution >= 4 is 23.4 Å². The molecule has 3 rings (SSSR count). The third kappa shape index (κ3) is 4.02. The Morgan fingerprint density at radius 2 is 2.00 bits per heavy atom. The van der Waals surface area contributed by atoms with Crippen LogP contribution in [0.15, 0.2) is 34.2 Å². The highest BCUT2D eigenvalue weighted by Crippen LogP contribution is 2.30. The lowest BCUT2D eigenvalue weighted by atomic mass is 10.1. The van der Waals surface area contributed by atoms with E-state index in [2.05, 4.69) is 10.3 Å². The Morgan fingerprint density at radius 1 is 1.33 bits per heavy atom. The van der Waals surface area contributed by atoms with Crippen LogP contribution in [0, 0.1) is 12.8 Å². The number of aryl methyl sites for hydroxylation is 1. The Morgan fingerprint density at radius 3 is 2.59 bits per heavy atom. The maximum atomic E-state index is 12.6. The quantitative estimate of drug-likeness (QED) is 0.806. The zero-order valence-corrected chi connectivity index (χ0v) is 15.6. The van der Waals surface area contributed by atoms with Crippen LogP contribution in [0.1, 0.15) is 23.7 Å². The number of nitrogens with zero attached hydrogens (tertiary/aromatic N) is 2. The molecule has 1 aromatic heterocycles. The first-order chi connectivity index (χ1) is 12.7. The molecule has 0 saturated carbocycles. The number of amides is 1. The molecule has 0 saturated heterocycles. The Kier molecular flexibility index (Phi) is 5.32. The number of nitrogens with one attached hydrogen (secondary N) is 1. The minimum Gasteiger partial charge on any atom is -0.326 e. The molecule has 144 valence electrons. The van der Waals surface area contributed by atoms with Gasteiger partial charge in [0.15, 0.2) is 5.16 Å². The van der Waals surface area contributed by atoms with Crippen LogP contribution in [0.2, 0.25) is 0 Å². The smallest absolute Gasteiger partial charge is 0.326 e. The summed E-state index contributed by atoms with van der Waals surface area (Å²) in [6, 6.07) is 4.28. The second kappa shape index (κ2) is 7.38. The van der Waals surface area contributed by atoms with Crippen molar-refractivity contribution in [3.05, 3.63) is 51.4 Å². The predicted molar refractivity (Wildman–Crippen MR) is 96.9 cm³/mol. The average Bonchev–Trinajstić information content (AvgIpc) is 2.61. The first-order valence-corrected chi connectivity index (χ1v) is 9.40. The number of fused-ring (bicyclic) bond motifs is 1. The average molecular weight is 397 g/mol. The van der Waals surface area contributed by atoms with Crippen molar-refractivity contribution in [2.75, 3.05) is 11.1 Å². The summed E-state index contributed by atoms with van der Waals surface area (Å²) in [5.41, 5.74) is 0.701. The van der Waals surface area contributed by atoms with Gasteiger partial charge in [-0.1, -0.05) is 18.7 Å². The predicted octanol–water partition coefficient (Wildman–Crippen LogP) is 3.49. The van der Waals surface area contributed by atoms with E-state index in [1.807, 2.05) is 6.92 Å². The number of benzene rings is 1. The van der Waals surface area contributed by atoms with Crippen molar-refractivity contribution in [1.29, 1.82) is 0 Å². The van der Waals surface area contributed by atoms with E-state index in [9.17, 15) is 22.8 Å². The van der Waals surface area contributed by atoms with E-state index in [-0.39, 0.29) is 23.7 Å². The number of hydrogen-bond acceptors (Lipinski definition) is 4. The third-order valence-electron chi connectivity index (χ3n) is 4.45. The van der Waals surface area contributed by atoms with Crippen LogP contribution in [0.5, 0.6) is 0 Å². The number of rotatable bonds is 3. The number of carbonyl (C=O) groups is 1. The molecule has 1 N–H and O–H groups in total. The standard InChI is InChI=1S/C18H18F3N3O2S/c1-3-14-10(2)22-17-24(16(14)26)8-11(9-27-17)15(25)23-13-6-4-12(5-7-13)18(19,20)21/h4-7,11H,3,8-9H2,1-2H3,(H,23,25). The van der Waals surface area contributed by atoms with Gasteiger partial charge in [0.1, 0.15) is 0 Å². The molecule has 0 bridgehead atoms. The van der Waals surface area contributed by atoms with Gasteiger partial charge in [0.25, 0.3) is 5.56 Å². The number of aromatic nitrogens is 2. The fourth-order valence-electron chi connectivity index (χ4n) is 2.95. The van der Waals surface area contributed by atoms with E-state index in [4.69, 9.17) is 0 Å². The third-order valence-corrected chi connectivity index (χ3v) is 5.59. The van der Waals surface area contributed by atoms with Crippen LogP contribution in [0.4, 0.5) is 18.9 Å². The van der Waals surface area contributed by atoms with Crippen LogP contribution in [-0.4, -0.2) is 21.2 Å². The lowest BCUT2D eigenvalue weighted by Gasteiger charge is -2.25. The summed E-state index contributed by atoms with van der Waals surface area (Å²) in [4.78, 5) is 29.5. The molecular formula is C18H18F3N3O2S. The van der Waals surface area contributed by atoms with Gasteiger partial charge in [0, 0.05) is 29.2 Å². The normalized spacial score (nSPS) is 16.7. The van der Waals surface area contributed by atoms with Crippen molar-refractivity contribution in [1.82, 2.24) is 9.55 Å². The molecule has 9 heteroatoms. The summed E-state index contributed by atoms with van der Waals surface area (Å²) in [6.45, 7) is 3.88. The van der Waals surface area contributed by atoms with Gasteiger partial charge in [-0.15, -0.1) is 0 Å². The minimum absolute atomic E-state index is 0.139. The zero-order chi connectivity index (χ0) is 19.8. The maximum Gasteiger partial charge on any atom is 0.416 e. The summed E-state index contributed by atoms with van der Waals surface area (Å²) >= 11 is 1.33.